The van der Waals surface area contributed by atoms with E-state index in [1.54, 1.807) is 17.4 Å². The van der Waals surface area contributed by atoms with Crippen LogP contribution in [0.1, 0.15) is 23.4 Å². The Bertz CT molecular complexity index is 603. The second-order valence-electron chi connectivity index (χ2n) is 3.81. The Morgan fingerprint density at radius 1 is 1.39 bits per heavy atom. The number of halogens is 2. The fraction of sp³-hybridized carbons (Fsp3) is 0.154. The van der Waals surface area contributed by atoms with Gasteiger partial charge in [0.25, 0.3) is 0 Å². The molecule has 5 heteroatoms. The van der Waals surface area contributed by atoms with Crippen molar-refractivity contribution in [1.29, 1.82) is 5.26 Å². The average Bonchev–Trinajstić information content (AvgIpc) is 2.76. The van der Waals surface area contributed by atoms with Gasteiger partial charge in [-0.05, 0) is 37.3 Å². The van der Waals surface area contributed by atoms with Crippen LogP contribution in [0.15, 0.2) is 34.8 Å². The lowest BCUT2D eigenvalue weighted by atomic mass is 10.1. The highest BCUT2D eigenvalue weighted by Gasteiger charge is 2.10. The highest BCUT2D eigenvalue weighted by atomic mass is 79.9. The summed E-state index contributed by atoms with van der Waals surface area (Å²) in [5.41, 5.74) is 1.46. The SMILES string of the molecule is CC(Nc1cc(Br)ccc1C#N)c1ccc(Cl)s1. The first-order valence-corrected chi connectivity index (χ1v) is 7.30. The molecule has 1 aromatic heterocycles. The Morgan fingerprint density at radius 3 is 2.78 bits per heavy atom. The van der Waals surface area contributed by atoms with E-state index in [0.717, 1.165) is 19.4 Å². The quantitative estimate of drug-likeness (QED) is 0.832. The van der Waals surface area contributed by atoms with E-state index < -0.39 is 0 Å². The molecule has 0 saturated carbocycles. The summed E-state index contributed by atoms with van der Waals surface area (Å²) in [6, 6.07) is 11.7. The van der Waals surface area contributed by atoms with Crippen LogP contribution in [0, 0.1) is 11.3 Å². The molecule has 0 amide bonds. The highest BCUT2D eigenvalue weighted by molar-refractivity contribution is 9.10. The van der Waals surface area contributed by atoms with Gasteiger partial charge in [0.1, 0.15) is 6.07 Å². The van der Waals surface area contributed by atoms with Gasteiger partial charge in [-0.25, -0.2) is 0 Å². The fourth-order valence-electron chi connectivity index (χ4n) is 1.60. The van der Waals surface area contributed by atoms with Crippen molar-refractivity contribution in [2.75, 3.05) is 5.32 Å². The van der Waals surface area contributed by atoms with Crippen LogP contribution < -0.4 is 5.32 Å². The molecule has 0 spiro atoms. The van der Waals surface area contributed by atoms with Gasteiger partial charge in [0.05, 0.1) is 21.6 Å². The maximum Gasteiger partial charge on any atom is 0.101 e. The second kappa shape index (κ2) is 5.75. The third-order valence-electron chi connectivity index (χ3n) is 2.49. The minimum Gasteiger partial charge on any atom is -0.377 e. The first-order chi connectivity index (χ1) is 8.60. The number of nitriles is 1. The molecule has 0 aliphatic heterocycles. The minimum absolute atomic E-state index is 0.115. The summed E-state index contributed by atoms with van der Waals surface area (Å²) < 4.78 is 1.72. The van der Waals surface area contributed by atoms with Gasteiger partial charge in [-0.1, -0.05) is 27.5 Å². The molecule has 92 valence electrons. The lowest BCUT2D eigenvalue weighted by Crippen LogP contribution is -2.06. The second-order valence-corrected chi connectivity index (χ2v) is 6.47. The summed E-state index contributed by atoms with van der Waals surface area (Å²) in [6.07, 6.45) is 0. The summed E-state index contributed by atoms with van der Waals surface area (Å²) >= 11 is 10.9. The molecule has 1 atom stereocenters. The standard InChI is InChI=1S/C13H10BrClN2S/c1-8(12-4-5-13(15)18-12)17-11-6-10(14)3-2-9(11)7-16/h2-6,8,17H,1H3. The first kappa shape index (κ1) is 13.4. The molecule has 0 bridgehead atoms. The summed E-state index contributed by atoms with van der Waals surface area (Å²) in [5, 5.41) is 12.4. The molecule has 0 aliphatic carbocycles. The molecule has 1 heterocycles. The number of hydrogen-bond donors (Lipinski definition) is 1. The van der Waals surface area contributed by atoms with Gasteiger partial charge in [0, 0.05) is 9.35 Å². The van der Waals surface area contributed by atoms with E-state index in [-0.39, 0.29) is 6.04 Å². The predicted molar refractivity (Wildman–Crippen MR) is 80.2 cm³/mol. The third kappa shape index (κ3) is 3.05. The normalized spacial score (nSPS) is 11.9. The van der Waals surface area contributed by atoms with Crippen LogP contribution in [0.5, 0.6) is 0 Å². The van der Waals surface area contributed by atoms with Crippen LogP contribution in [-0.4, -0.2) is 0 Å². The minimum atomic E-state index is 0.115. The van der Waals surface area contributed by atoms with Crippen molar-refractivity contribution in [3.05, 3.63) is 49.6 Å². The molecule has 18 heavy (non-hydrogen) atoms. The van der Waals surface area contributed by atoms with Gasteiger partial charge in [0.15, 0.2) is 0 Å². The topological polar surface area (TPSA) is 35.8 Å². The molecule has 1 unspecified atom stereocenters. The van der Waals surface area contributed by atoms with Crippen molar-refractivity contribution in [2.45, 2.75) is 13.0 Å². The van der Waals surface area contributed by atoms with Gasteiger partial charge in [-0.2, -0.15) is 5.26 Å². The smallest absolute Gasteiger partial charge is 0.101 e. The van der Waals surface area contributed by atoms with Crippen molar-refractivity contribution in [3.63, 3.8) is 0 Å². The molecule has 0 radical (unpaired) electrons. The van der Waals surface area contributed by atoms with Crippen LogP contribution in [-0.2, 0) is 0 Å². The average molecular weight is 342 g/mol. The third-order valence-corrected chi connectivity index (χ3v) is 4.40. The van der Waals surface area contributed by atoms with Crippen molar-refractivity contribution in [3.8, 4) is 6.07 Å². The zero-order valence-corrected chi connectivity index (χ0v) is 12.7. The predicted octanol–water partition coefficient (Wildman–Crippen LogP) is 5.21. The van der Waals surface area contributed by atoms with Crippen LogP contribution in [0.2, 0.25) is 4.34 Å². The number of benzene rings is 1. The van der Waals surface area contributed by atoms with Crippen molar-refractivity contribution in [2.24, 2.45) is 0 Å². The maximum absolute atomic E-state index is 9.07. The molecular weight excluding hydrogens is 332 g/mol. The van der Waals surface area contributed by atoms with Crippen LogP contribution in [0.3, 0.4) is 0 Å². The van der Waals surface area contributed by atoms with E-state index >= 15 is 0 Å². The number of nitrogens with one attached hydrogen (secondary N) is 1. The molecule has 2 nitrogen and oxygen atoms in total. The summed E-state index contributed by atoms with van der Waals surface area (Å²) in [6.45, 7) is 2.05. The van der Waals surface area contributed by atoms with Crippen molar-refractivity contribution < 1.29 is 0 Å². The van der Waals surface area contributed by atoms with E-state index in [9.17, 15) is 0 Å². The van der Waals surface area contributed by atoms with Gasteiger partial charge >= 0.3 is 0 Å². The van der Waals surface area contributed by atoms with Crippen LogP contribution in [0.4, 0.5) is 5.69 Å². The Labute approximate surface area is 123 Å². The van der Waals surface area contributed by atoms with E-state index in [0.29, 0.717) is 5.56 Å². The van der Waals surface area contributed by atoms with Gasteiger partial charge in [-0.3, -0.25) is 0 Å². The van der Waals surface area contributed by atoms with Gasteiger partial charge < -0.3 is 5.32 Å². The number of thiophene rings is 1. The number of nitrogens with zero attached hydrogens (tertiary/aromatic N) is 1. The Kier molecular flexibility index (Phi) is 4.28. The lowest BCUT2D eigenvalue weighted by molar-refractivity contribution is 0.907. The summed E-state index contributed by atoms with van der Waals surface area (Å²) in [7, 11) is 0. The van der Waals surface area contributed by atoms with Crippen molar-refractivity contribution in [1.82, 2.24) is 0 Å². The Hall–Kier alpha value is -1.02. The van der Waals surface area contributed by atoms with Gasteiger partial charge in [-0.15, -0.1) is 11.3 Å². The molecule has 1 aromatic carbocycles. The van der Waals surface area contributed by atoms with E-state index in [2.05, 4.69) is 27.3 Å². The number of hydrogen-bond acceptors (Lipinski definition) is 3. The first-order valence-electron chi connectivity index (χ1n) is 5.31. The molecule has 0 saturated heterocycles. The number of rotatable bonds is 3. The van der Waals surface area contributed by atoms with E-state index in [1.807, 2.05) is 31.2 Å². The van der Waals surface area contributed by atoms with Gasteiger partial charge in [0.2, 0.25) is 0 Å². The summed E-state index contributed by atoms with van der Waals surface area (Å²) in [5.74, 6) is 0. The largest absolute Gasteiger partial charge is 0.377 e. The molecular formula is C13H10BrClN2S. The van der Waals surface area contributed by atoms with Crippen LogP contribution >= 0.6 is 38.9 Å². The zero-order chi connectivity index (χ0) is 13.1. The molecule has 1 N–H and O–H groups in total. The zero-order valence-electron chi connectivity index (χ0n) is 9.58. The Morgan fingerprint density at radius 2 is 2.17 bits per heavy atom. The number of anilines is 1. The summed E-state index contributed by atoms with van der Waals surface area (Å²) in [4.78, 5) is 1.14. The molecule has 2 rings (SSSR count). The fourth-order valence-corrected chi connectivity index (χ4v) is 3.02. The molecule has 2 aromatic rings. The van der Waals surface area contributed by atoms with E-state index in [1.165, 1.54) is 0 Å². The molecule has 0 fully saturated rings. The highest BCUT2D eigenvalue weighted by Crippen LogP contribution is 2.30. The van der Waals surface area contributed by atoms with Crippen LogP contribution in [0.25, 0.3) is 0 Å². The Balaban J connectivity index is 2.24. The monoisotopic (exact) mass is 340 g/mol. The van der Waals surface area contributed by atoms with E-state index in [4.69, 9.17) is 16.9 Å². The lowest BCUT2D eigenvalue weighted by Gasteiger charge is -2.15. The molecule has 0 aliphatic rings. The maximum atomic E-state index is 9.07. The van der Waals surface area contributed by atoms with Crippen molar-refractivity contribution >= 4 is 44.6 Å².